The molecule has 5 rings (SSSR count). The lowest BCUT2D eigenvalue weighted by molar-refractivity contribution is -0.331. The van der Waals surface area contributed by atoms with Crippen molar-refractivity contribution in [2.24, 2.45) is 0 Å². The molecule has 0 spiro atoms. The molecule has 6 N–H and O–H groups in total. The molecule has 10 atom stereocenters. The number of aliphatic hydroxyl groups excluding tert-OH is 6. The van der Waals surface area contributed by atoms with Crippen molar-refractivity contribution in [1.29, 1.82) is 0 Å². The second-order valence-corrected chi connectivity index (χ2v) is 11.1. The quantitative estimate of drug-likeness (QED) is 0.125. The molecule has 242 valence electrons. The van der Waals surface area contributed by atoms with E-state index in [9.17, 15) is 30.6 Å². The first-order valence-corrected chi connectivity index (χ1v) is 14.8. The van der Waals surface area contributed by atoms with Gasteiger partial charge in [0.2, 0.25) is 0 Å². The van der Waals surface area contributed by atoms with Crippen molar-refractivity contribution >= 4 is 0 Å². The van der Waals surface area contributed by atoms with E-state index in [0.29, 0.717) is 0 Å². The van der Waals surface area contributed by atoms with E-state index >= 15 is 0 Å². The predicted molar refractivity (Wildman–Crippen MR) is 161 cm³/mol. The summed E-state index contributed by atoms with van der Waals surface area (Å²) in [7, 11) is 0. The third-order valence-electron chi connectivity index (χ3n) is 8.15. The summed E-state index contributed by atoms with van der Waals surface area (Å²) in [4.78, 5) is 0. The monoisotopic (exact) mass is 624 g/mol. The summed E-state index contributed by atoms with van der Waals surface area (Å²) in [6.45, 7) is 2.91. The van der Waals surface area contributed by atoms with Crippen LogP contribution in [0.25, 0.3) is 0 Å². The molecule has 2 aliphatic rings. The number of rotatable bonds is 12. The van der Waals surface area contributed by atoms with Crippen LogP contribution >= 0.6 is 0 Å². The molecule has 2 heterocycles. The summed E-state index contributed by atoms with van der Waals surface area (Å²) in [6, 6.07) is 28.8. The minimum atomic E-state index is -1.66. The molecule has 2 aliphatic heterocycles. The molecule has 45 heavy (non-hydrogen) atoms. The molecule has 2 fully saturated rings. The van der Waals surface area contributed by atoms with Crippen LogP contribution in [0.1, 0.15) is 16.7 Å². The van der Waals surface area contributed by atoms with Gasteiger partial charge in [-0.1, -0.05) is 97.1 Å². The standard InChI is InChI=1S/C34H40O11/c1-2-18-41-32-30(39)28(37)26(35)24(44-32)19-42-33-31(40)29(38)27(36)25(45-33)20-43-34(21-12-6-3-7-13-21,22-14-8-4-9-15-22)23-16-10-5-11-17-23/h2-17,24-33,35-40H,1,18-20H2/t24-,25-,26-,27-,28+,29+,30-,31-,32+,33+/m1/s1. The summed E-state index contributed by atoms with van der Waals surface area (Å²) < 4.78 is 29.3. The Kier molecular flexibility index (Phi) is 11.1. The molecular weight excluding hydrogens is 584 g/mol. The average Bonchev–Trinajstić information content (AvgIpc) is 3.08. The predicted octanol–water partition coefficient (Wildman–Crippen LogP) is 0.829. The maximum absolute atomic E-state index is 11.0. The topological polar surface area (TPSA) is 168 Å². The number of aliphatic hydroxyl groups is 6. The molecule has 0 aromatic heterocycles. The van der Waals surface area contributed by atoms with Crippen molar-refractivity contribution in [1.82, 2.24) is 0 Å². The third-order valence-corrected chi connectivity index (χ3v) is 8.15. The van der Waals surface area contributed by atoms with Gasteiger partial charge in [-0.2, -0.15) is 0 Å². The first-order valence-electron chi connectivity index (χ1n) is 14.8. The third kappa shape index (κ3) is 7.04. The highest BCUT2D eigenvalue weighted by Gasteiger charge is 2.48. The van der Waals surface area contributed by atoms with Crippen molar-refractivity contribution in [3.8, 4) is 0 Å². The molecule has 3 aromatic rings. The number of benzene rings is 3. The Morgan fingerprint density at radius 3 is 1.38 bits per heavy atom. The summed E-state index contributed by atoms with van der Waals surface area (Å²) in [5, 5.41) is 63.4. The van der Waals surface area contributed by atoms with Crippen LogP contribution in [0, 0.1) is 0 Å². The van der Waals surface area contributed by atoms with Crippen LogP contribution in [0.2, 0.25) is 0 Å². The molecule has 0 bridgehead atoms. The Morgan fingerprint density at radius 2 is 0.956 bits per heavy atom. The van der Waals surface area contributed by atoms with E-state index in [1.54, 1.807) is 0 Å². The van der Waals surface area contributed by atoms with E-state index in [-0.39, 0.29) is 13.2 Å². The second-order valence-electron chi connectivity index (χ2n) is 11.1. The average molecular weight is 625 g/mol. The molecule has 11 nitrogen and oxygen atoms in total. The zero-order chi connectivity index (χ0) is 32.0. The number of ether oxygens (including phenoxy) is 5. The van der Waals surface area contributed by atoms with E-state index in [2.05, 4.69) is 6.58 Å². The Labute approximate surface area is 261 Å². The van der Waals surface area contributed by atoms with Crippen LogP contribution in [-0.4, -0.2) is 112 Å². The van der Waals surface area contributed by atoms with Gasteiger partial charge in [-0.05, 0) is 16.7 Å². The molecule has 2 saturated heterocycles. The Hall–Kier alpha value is -3.04. The normalized spacial score (nSPS) is 32.2. The highest BCUT2D eigenvalue weighted by molar-refractivity contribution is 5.47. The Bertz CT molecular complexity index is 1230. The lowest BCUT2D eigenvalue weighted by Gasteiger charge is -2.44. The van der Waals surface area contributed by atoms with E-state index < -0.39 is 73.6 Å². The zero-order valence-electron chi connectivity index (χ0n) is 24.6. The molecule has 0 saturated carbocycles. The van der Waals surface area contributed by atoms with Crippen LogP contribution in [0.3, 0.4) is 0 Å². The fourth-order valence-corrected chi connectivity index (χ4v) is 5.71. The molecule has 0 unspecified atom stereocenters. The van der Waals surface area contributed by atoms with Gasteiger partial charge in [-0.25, -0.2) is 0 Å². The van der Waals surface area contributed by atoms with Crippen LogP contribution < -0.4 is 0 Å². The minimum absolute atomic E-state index is 0.0186. The van der Waals surface area contributed by atoms with Gasteiger partial charge in [0.05, 0.1) is 19.8 Å². The first-order chi connectivity index (χ1) is 21.8. The summed E-state index contributed by atoms with van der Waals surface area (Å²) in [5.41, 5.74) is 1.32. The maximum Gasteiger partial charge on any atom is 0.187 e. The van der Waals surface area contributed by atoms with Gasteiger partial charge in [-0.3, -0.25) is 0 Å². The summed E-state index contributed by atoms with van der Waals surface area (Å²) in [5.74, 6) is 0. The van der Waals surface area contributed by atoms with Gasteiger partial charge in [0.25, 0.3) is 0 Å². The van der Waals surface area contributed by atoms with E-state index in [1.807, 2.05) is 91.0 Å². The minimum Gasteiger partial charge on any atom is -0.387 e. The van der Waals surface area contributed by atoms with Gasteiger partial charge in [0.15, 0.2) is 12.6 Å². The SMILES string of the molecule is C=CCO[C@H]1O[C@H](CO[C@H]2O[C@H](COC(c3ccccc3)(c3ccccc3)c3ccccc3)[C@@H](O)[C@H](O)[C@H]2O)[C@@H](O)[C@H](O)[C@H]1O. The van der Waals surface area contributed by atoms with Crippen molar-refractivity contribution in [3.05, 3.63) is 120 Å². The van der Waals surface area contributed by atoms with Gasteiger partial charge in [-0.15, -0.1) is 6.58 Å². The lowest BCUT2D eigenvalue weighted by atomic mass is 9.80. The zero-order valence-corrected chi connectivity index (χ0v) is 24.6. The molecule has 0 amide bonds. The highest BCUT2D eigenvalue weighted by atomic mass is 16.7. The fraction of sp³-hybridized carbons (Fsp3) is 0.412. The highest BCUT2D eigenvalue weighted by Crippen LogP contribution is 2.41. The smallest absolute Gasteiger partial charge is 0.187 e. The largest absolute Gasteiger partial charge is 0.387 e. The molecular formula is C34H40O11. The number of hydrogen-bond donors (Lipinski definition) is 6. The summed E-state index contributed by atoms with van der Waals surface area (Å²) >= 11 is 0. The van der Waals surface area contributed by atoms with Gasteiger partial charge in [0, 0.05) is 0 Å². The van der Waals surface area contributed by atoms with Crippen molar-refractivity contribution < 1.29 is 54.3 Å². The molecule has 0 radical (unpaired) electrons. The lowest BCUT2D eigenvalue weighted by Crippen LogP contribution is -2.62. The van der Waals surface area contributed by atoms with Crippen molar-refractivity contribution in [2.45, 2.75) is 67.0 Å². The number of hydrogen-bond acceptors (Lipinski definition) is 11. The summed E-state index contributed by atoms with van der Waals surface area (Å²) in [6.07, 6.45) is -13.2. The van der Waals surface area contributed by atoms with Crippen LogP contribution in [0.5, 0.6) is 0 Å². The van der Waals surface area contributed by atoms with Gasteiger partial charge < -0.3 is 54.3 Å². The Balaban J connectivity index is 1.36. The van der Waals surface area contributed by atoms with Crippen LogP contribution in [-0.2, 0) is 29.3 Å². The van der Waals surface area contributed by atoms with Crippen LogP contribution in [0.4, 0.5) is 0 Å². The molecule has 3 aromatic carbocycles. The second kappa shape index (κ2) is 15.0. The maximum atomic E-state index is 11.0. The van der Waals surface area contributed by atoms with Crippen molar-refractivity contribution in [3.63, 3.8) is 0 Å². The van der Waals surface area contributed by atoms with Crippen molar-refractivity contribution in [2.75, 3.05) is 19.8 Å². The van der Waals surface area contributed by atoms with Crippen LogP contribution in [0.15, 0.2) is 104 Å². The first kappa shape index (κ1) is 33.3. The van der Waals surface area contributed by atoms with Gasteiger partial charge in [0.1, 0.15) is 54.4 Å². The fourth-order valence-electron chi connectivity index (χ4n) is 5.71. The molecule has 11 heteroatoms. The van der Waals surface area contributed by atoms with E-state index in [0.717, 1.165) is 16.7 Å². The van der Waals surface area contributed by atoms with Gasteiger partial charge >= 0.3 is 0 Å². The molecule has 0 aliphatic carbocycles. The van der Waals surface area contributed by atoms with E-state index in [1.165, 1.54) is 6.08 Å². The Morgan fingerprint density at radius 1 is 0.556 bits per heavy atom. The van der Waals surface area contributed by atoms with E-state index in [4.69, 9.17) is 23.7 Å².